The Hall–Kier alpha value is -4.80. The van der Waals surface area contributed by atoms with Crippen LogP contribution in [0.3, 0.4) is 0 Å². The molecule has 1 saturated heterocycles. The molecule has 0 radical (unpaired) electrons. The van der Waals surface area contributed by atoms with Crippen LogP contribution in [-0.2, 0) is 11.3 Å². The Kier molecular flexibility index (Phi) is 10.8. The molecule has 3 heterocycles. The second kappa shape index (κ2) is 15.2. The van der Waals surface area contributed by atoms with Crippen molar-refractivity contribution >= 4 is 34.3 Å². The number of rotatable bonds is 9. The summed E-state index contributed by atoms with van der Waals surface area (Å²) < 4.78 is 0. The summed E-state index contributed by atoms with van der Waals surface area (Å²) in [5.74, 6) is 2.44. The van der Waals surface area contributed by atoms with E-state index >= 15 is 0 Å². The molecule has 2 aliphatic heterocycles. The molecule has 0 unspecified atom stereocenters. The van der Waals surface area contributed by atoms with Crippen molar-refractivity contribution in [1.29, 1.82) is 0 Å². The number of aliphatic imine (C=N–C) groups is 2. The first-order valence-corrected chi connectivity index (χ1v) is 16.3. The summed E-state index contributed by atoms with van der Waals surface area (Å²) in [6, 6.07) is 16.3. The molecule has 10 nitrogen and oxygen atoms in total. The molecule has 0 aliphatic carbocycles. The molecule has 3 aromatic rings. The van der Waals surface area contributed by atoms with Crippen molar-refractivity contribution in [3.63, 3.8) is 0 Å². The Bertz CT molecular complexity index is 1730. The monoisotopic (exact) mass is 633 g/mol. The van der Waals surface area contributed by atoms with Gasteiger partial charge in [0.1, 0.15) is 5.82 Å². The van der Waals surface area contributed by atoms with Gasteiger partial charge in [-0.1, -0.05) is 69.0 Å². The Balaban J connectivity index is 1.49. The first-order chi connectivity index (χ1) is 22.7. The van der Waals surface area contributed by atoms with Crippen LogP contribution in [0, 0.1) is 5.92 Å². The van der Waals surface area contributed by atoms with Crippen LogP contribution in [0.1, 0.15) is 32.3 Å². The van der Waals surface area contributed by atoms with Gasteiger partial charge in [-0.15, -0.1) is 0 Å². The number of guanidine groups is 2. The maximum Gasteiger partial charge on any atom is 0.248 e. The van der Waals surface area contributed by atoms with Crippen LogP contribution in [0.2, 0.25) is 0 Å². The largest absolute Gasteiger partial charge is 0.342 e. The van der Waals surface area contributed by atoms with Crippen LogP contribution in [-0.4, -0.2) is 84.3 Å². The summed E-state index contributed by atoms with van der Waals surface area (Å²) >= 11 is 0. The molecular weight excluding hydrogens is 586 g/mol. The van der Waals surface area contributed by atoms with Crippen molar-refractivity contribution in [3.8, 4) is 11.3 Å². The van der Waals surface area contributed by atoms with E-state index in [1.165, 1.54) is 0 Å². The minimum absolute atomic E-state index is 0.169. The highest BCUT2D eigenvalue weighted by molar-refractivity contribution is 6.08. The van der Waals surface area contributed by atoms with Crippen molar-refractivity contribution < 1.29 is 4.79 Å². The van der Waals surface area contributed by atoms with Crippen LogP contribution in [0.15, 0.2) is 101 Å². The van der Waals surface area contributed by atoms with Crippen LogP contribution >= 0.6 is 0 Å². The van der Waals surface area contributed by atoms with Gasteiger partial charge in [-0.3, -0.25) is 14.7 Å². The van der Waals surface area contributed by atoms with E-state index in [0.717, 1.165) is 76.6 Å². The van der Waals surface area contributed by atoms with Gasteiger partial charge in [0.15, 0.2) is 0 Å². The van der Waals surface area contributed by atoms with Crippen LogP contribution in [0.25, 0.3) is 22.0 Å². The second-order valence-corrected chi connectivity index (χ2v) is 12.6. The van der Waals surface area contributed by atoms with Crippen molar-refractivity contribution in [2.24, 2.45) is 21.6 Å². The molecule has 0 bridgehead atoms. The number of aromatic nitrogens is 1. The van der Waals surface area contributed by atoms with Crippen molar-refractivity contribution in [2.75, 3.05) is 46.1 Å². The zero-order valence-electron chi connectivity index (χ0n) is 28.2. The lowest BCUT2D eigenvalue weighted by molar-refractivity contribution is -0.111. The summed E-state index contributed by atoms with van der Waals surface area (Å²) in [4.78, 5) is 33.9. The number of nitrogens with zero attached hydrogens (tertiary/aromatic N) is 6. The molecule has 1 aromatic heterocycles. The highest BCUT2D eigenvalue weighted by Gasteiger charge is 2.28. The molecule has 0 spiro atoms. The number of amides is 1. The van der Waals surface area contributed by atoms with E-state index in [1.54, 1.807) is 12.3 Å². The van der Waals surface area contributed by atoms with Crippen molar-refractivity contribution in [1.82, 2.24) is 25.0 Å². The van der Waals surface area contributed by atoms with E-state index in [4.69, 9.17) is 20.7 Å². The van der Waals surface area contributed by atoms with Gasteiger partial charge in [0, 0.05) is 67.0 Å². The van der Waals surface area contributed by atoms with Crippen LogP contribution in [0.4, 0.5) is 5.69 Å². The maximum atomic E-state index is 12.7. The minimum Gasteiger partial charge on any atom is -0.342 e. The summed E-state index contributed by atoms with van der Waals surface area (Å²) in [6.07, 6.45) is 8.96. The van der Waals surface area contributed by atoms with Gasteiger partial charge >= 0.3 is 0 Å². The molecule has 4 N–H and O–H groups in total. The summed E-state index contributed by atoms with van der Waals surface area (Å²) in [5, 5.41) is 8.49. The fourth-order valence-electron chi connectivity index (χ4n) is 5.88. The van der Waals surface area contributed by atoms with Crippen molar-refractivity contribution in [3.05, 3.63) is 96.5 Å². The molecule has 0 atom stereocenters. The van der Waals surface area contributed by atoms with Gasteiger partial charge in [0.05, 0.1) is 12.2 Å². The fourth-order valence-corrected chi connectivity index (χ4v) is 5.88. The van der Waals surface area contributed by atoms with Gasteiger partial charge in [0.25, 0.3) is 0 Å². The third-order valence-electron chi connectivity index (χ3n) is 8.49. The molecule has 5 rings (SSSR count). The predicted molar refractivity (Wildman–Crippen MR) is 194 cm³/mol. The number of carbonyl (C=O) groups excluding carboxylic acids is 1. The first-order valence-electron chi connectivity index (χ1n) is 16.3. The molecule has 47 heavy (non-hydrogen) atoms. The quantitative estimate of drug-likeness (QED) is 0.278. The van der Waals surface area contributed by atoms with Gasteiger partial charge in [-0.2, -0.15) is 4.99 Å². The molecule has 2 aliphatic rings. The molecule has 246 valence electrons. The number of benzene rings is 2. The number of allylic oxidation sites excluding steroid dienone is 2. The lowest BCUT2D eigenvalue weighted by Gasteiger charge is -2.38. The molecule has 0 saturated carbocycles. The number of hydrogen-bond donors (Lipinski definition) is 3. The van der Waals surface area contributed by atoms with E-state index in [2.05, 4.69) is 48.1 Å². The van der Waals surface area contributed by atoms with Gasteiger partial charge in [-0.25, -0.2) is 4.99 Å². The smallest absolute Gasteiger partial charge is 0.248 e. The second-order valence-electron chi connectivity index (χ2n) is 12.6. The van der Waals surface area contributed by atoms with Crippen LogP contribution in [0.5, 0.6) is 0 Å². The molecular formula is C37H47N9O. The van der Waals surface area contributed by atoms with Gasteiger partial charge in [0.2, 0.25) is 17.8 Å². The topological polar surface area (TPSA) is 114 Å². The highest BCUT2D eigenvalue weighted by atomic mass is 16.1. The Labute approximate surface area is 278 Å². The summed E-state index contributed by atoms with van der Waals surface area (Å²) in [5.41, 5.74) is 10.9. The molecule has 2 aromatic carbocycles. The number of likely N-dealkylation sites (tertiary alicyclic amines) is 1. The third-order valence-corrected chi connectivity index (χ3v) is 8.49. The lowest BCUT2D eigenvalue weighted by Crippen LogP contribution is -2.53. The number of carbonyl (C=O) groups is 1. The third kappa shape index (κ3) is 7.96. The number of nitrogens with two attached hydrogens (primary N) is 1. The Morgan fingerprint density at radius 3 is 2.64 bits per heavy atom. The van der Waals surface area contributed by atoms with Crippen LogP contribution < -0.4 is 16.4 Å². The summed E-state index contributed by atoms with van der Waals surface area (Å²) in [7, 11) is 5.92. The standard InChI is InChI=1S/C37H47N9O/c1-7-28(25(2)3)35-42-37(46-22-18-27(38)19-23-46)43-36(45(35)6)40-24-26-12-8-9-13-29(26)34-31-14-10-15-32(30(31)17-20-39-34)41-33(47)16-11-21-44(4)5/h7-17,20,25,27H,1,18-19,21-24,38H2,2-6H3,(H,41,47)(H,40,42,43)/b16-11+,35-28+. The lowest BCUT2D eigenvalue weighted by atomic mass is 9.98. The Morgan fingerprint density at radius 1 is 1.15 bits per heavy atom. The number of likely N-dealkylation sites (N-methyl/N-ethyl adjacent to an activating group) is 1. The van der Waals surface area contributed by atoms with Gasteiger partial charge < -0.3 is 26.2 Å². The average molecular weight is 634 g/mol. The zero-order chi connectivity index (χ0) is 33.5. The normalized spacial score (nSPS) is 17.9. The fraction of sp³-hybridized carbons (Fsp3) is 0.351. The van der Waals surface area contributed by atoms with E-state index in [-0.39, 0.29) is 17.9 Å². The number of fused-ring (bicyclic) bond motifs is 1. The Morgan fingerprint density at radius 2 is 1.91 bits per heavy atom. The zero-order valence-corrected chi connectivity index (χ0v) is 28.2. The number of hydrogen-bond acceptors (Lipinski definition) is 7. The molecule has 1 amide bonds. The predicted octanol–water partition coefficient (Wildman–Crippen LogP) is 5.18. The average Bonchev–Trinajstić information content (AvgIpc) is 3.05. The maximum absolute atomic E-state index is 12.7. The van der Waals surface area contributed by atoms with E-state index in [0.29, 0.717) is 19.0 Å². The number of piperidine rings is 1. The summed E-state index contributed by atoms with van der Waals surface area (Å²) in [6.45, 7) is 11.2. The number of anilines is 1. The minimum atomic E-state index is -0.169. The highest BCUT2D eigenvalue weighted by Crippen LogP contribution is 2.33. The van der Waals surface area contributed by atoms with E-state index < -0.39 is 0 Å². The number of pyridine rings is 1. The van der Waals surface area contributed by atoms with Gasteiger partial charge in [-0.05, 0) is 56.1 Å². The molecule has 1 fully saturated rings. The SMILES string of the molecule is C=C/C(=C1/NC(N2CCC(N)CC2)=NC(=NCc2ccccc2-c2nccc3c(NC(=O)/C=C/CN(C)C)cccc23)N1C)C(C)C. The first kappa shape index (κ1) is 33.6. The van der Waals surface area contributed by atoms with E-state index in [9.17, 15) is 4.79 Å². The number of nitrogens with one attached hydrogen (secondary N) is 2. The molecule has 10 heteroatoms. The van der Waals surface area contributed by atoms with E-state index in [1.807, 2.05) is 79.5 Å². The van der Waals surface area contributed by atoms with Crippen molar-refractivity contribution in [2.45, 2.75) is 39.3 Å².